The number of halogens is 2. The topological polar surface area (TPSA) is 41.0 Å². The molecule has 0 radical (unpaired) electrons. The standard InChI is InChI=1S/C17H20F2N4/c18-14-5-4-13(15(19)10-14)6-7-20-16-11-17(22-12-21-16)23-8-2-1-3-9-23/h4-5,10-12H,1-3,6-9H2,(H,20,21,22). The summed E-state index contributed by atoms with van der Waals surface area (Å²) >= 11 is 0. The van der Waals surface area contributed by atoms with Gasteiger partial charge in [0, 0.05) is 31.8 Å². The predicted molar refractivity (Wildman–Crippen MR) is 86.6 cm³/mol. The average molecular weight is 318 g/mol. The summed E-state index contributed by atoms with van der Waals surface area (Å²) in [5.41, 5.74) is 0.490. The van der Waals surface area contributed by atoms with Gasteiger partial charge in [-0.25, -0.2) is 18.7 Å². The van der Waals surface area contributed by atoms with Gasteiger partial charge in [0.1, 0.15) is 29.6 Å². The number of hydrogen-bond donors (Lipinski definition) is 1. The molecule has 4 nitrogen and oxygen atoms in total. The molecule has 23 heavy (non-hydrogen) atoms. The van der Waals surface area contributed by atoms with Crippen LogP contribution in [0.1, 0.15) is 24.8 Å². The fraction of sp³-hybridized carbons (Fsp3) is 0.412. The first kappa shape index (κ1) is 15.6. The number of nitrogens with zero attached hydrogens (tertiary/aromatic N) is 3. The van der Waals surface area contributed by atoms with Crippen LogP contribution in [-0.2, 0) is 6.42 Å². The molecular formula is C17H20F2N4. The second kappa shape index (κ2) is 7.35. The second-order valence-corrected chi connectivity index (χ2v) is 5.72. The fourth-order valence-electron chi connectivity index (χ4n) is 2.79. The number of piperidine rings is 1. The van der Waals surface area contributed by atoms with E-state index in [9.17, 15) is 8.78 Å². The van der Waals surface area contributed by atoms with Gasteiger partial charge >= 0.3 is 0 Å². The van der Waals surface area contributed by atoms with Crippen molar-refractivity contribution in [3.8, 4) is 0 Å². The Hall–Kier alpha value is -2.24. The Balaban J connectivity index is 1.57. The van der Waals surface area contributed by atoms with Crippen LogP contribution in [0, 0.1) is 11.6 Å². The van der Waals surface area contributed by atoms with E-state index in [-0.39, 0.29) is 0 Å². The Morgan fingerprint density at radius 3 is 2.65 bits per heavy atom. The SMILES string of the molecule is Fc1ccc(CCNc2cc(N3CCCCC3)ncn2)c(F)c1. The molecule has 1 N–H and O–H groups in total. The maximum atomic E-state index is 13.6. The molecule has 6 heteroatoms. The number of hydrogen-bond acceptors (Lipinski definition) is 4. The Morgan fingerprint density at radius 1 is 1.04 bits per heavy atom. The van der Waals surface area contributed by atoms with Gasteiger partial charge in [-0.3, -0.25) is 0 Å². The lowest BCUT2D eigenvalue weighted by atomic mass is 10.1. The summed E-state index contributed by atoms with van der Waals surface area (Å²) in [6, 6.07) is 5.59. The zero-order valence-corrected chi connectivity index (χ0v) is 12.9. The van der Waals surface area contributed by atoms with Crippen molar-refractivity contribution in [1.29, 1.82) is 0 Å². The number of rotatable bonds is 5. The molecule has 1 aromatic carbocycles. The van der Waals surface area contributed by atoms with Crippen molar-refractivity contribution < 1.29 is 8.78 Å². The van der Waals surface area contributed by atoms with Crippen LogP contribution in [0.3, 0.4) is 0 Å². The largest absolute Gasteiger partial charge is 0.370 e. The molecular weight excluding hydrogens is 298 g/mol. The van der Waals surface area contributed by atoms with Gasteiger partial charge < -0.3 is 10.2 Å². The summed E-state index contributed by atoms with van der Waals surface area (Å²) in [7, 11) is 0. The van der Waals surface area contributed by atoms with E-state index in [0.717, 1.165) is 30.8 Å². The van der Waals surface area contributed by atoms with Gasteiger partial charge in [-0.2, -0.15) is 0 Å². The van der Waals surface area contributed by atoms with Gasteiger partial charge in [-0.15, -0.1) is 0 Å². The van der Waals surface area contributed by atoms with Crippen LogP contribution >= 0.6 is 0 Å². The molecule has 1 saturated heterocycles. The molecule has 0 bridgehead atoms. The van der Waals surface area contributed by atoms with Crippen LogP contribution < -0.4 is 10.2 Å². The molecule has 3 rings (SSSR count). The molecule has 0 amide bonds. The molecule has 0 saturated carbocycles. The van der Waals surface area contributed by atoms with E-state index in [1.807, 2.05) is 6.07 Å². The molecule has 2 aromatic rings. The number of anilines is 2. The van der Waals surface area contributed by atoms with Gasteiger partial charge in [0.15, 0.2) is 0 Å². The summed E-state index contributed by atoms with van der Waals surface area (Å²) in [5, 5.41) is 3.18. The van der Waals surface area contributed by atoms with Crippen molar-refractivity contribution >= 4 is 11.6 Å². The van der Waals surface area contributed by atoms with E-state index < -0.39 is 11.6 Å². The first-order valence-electron chi connectivity index (χ1n) is 7.97. The van der Waals surface area contributed by atoms with Crippen molar-refractivity contribution in [3.63, 3.8) is 0 Å². The third kappa shape index (κ3) is 4.15. The monoisotopic (exact) mass is 318 g/mol. The summed E-state index contributed by atoms with van der Waals surface area (Å²) in [6.07, 6.45) is 5.67. The van der Waals surface area contributed by atoms with Crippen LogP contribution in [0.2, 0.25) is 0 Å². The van der Waals surface area contributed by atoms with E-state index in [0.29, 0.717) is 18.5 Å². The number of aromatic nitrogens is 2. The molecule has 1 aliphatic heterocycles. The summed E-state index contributed by atoms with van der Waals surface area (Å²) in [4.78, 5) is 10.8. The zero-order chi connectivity index (χ0) is 16.1. The van der Waals surface area contributed by atoms with Crippen molar-refractivity contribution in [1.82, 2.24) is 9.97 Å². The van der Waals surface area contributed by atoms with Gasteiger partial charge in [0.05, 0.1) is 0 Å². The van der Waals surface area contributed by atoms with E-state index in [1.165, 1.54) is 31.4 Å². The van der Waals surface area contributed by atoms with Gasteiger partial charge in [0.25, 0.3) is 0 Å². The highest BCUT2D eigenvalue weighted by molar-refractivity contribution is 5.48. The van der Waals surface area contributed by atoms with Crippen LogP contribution in [-0.4, -0.2) is 29.6 Å². The number of benzene rings is 1. The van der Waals surface area contributed by atoms with Crippen molar-refractivity contribution in [2.45, 2.75) is 25.7 Å². The molecule has 122 valence electrons. The minimum absolute atomic E-state index is 0.467. The van der Waals surface area contributed by atoms with Crippen molar-refractivity contribution in [3.05, 3.63) is 47.8 Å². The van der Waals surface area contributed by atoms with Gasteiger partial charge in [-0.1, -0.05) is 6.07 Å². The van der Waals surface area contributed by atoms with Gasteiger partial charge in [0.2, 0.25) is 0 Å². The molecule has 0 atom stereocenters. The Bertz CT molecular complexity index is 657. The maximum Gasteiger partial charge on any atom is 0.134 e. The maximum absolute atomic E-state index is 13.6. The smallest absolute Gasteiger partial charge is 0.134 e. The molecule has 0 aliphatic carbocycles. The van der Waals surface area contributed by atoms with E-state index in [1.54, 1.807) is 6.33 Å². The Labute approximate surface area is 134 Å². The van der Waals surface area contributed by atoms with E-state index in [2.05, 4.69) is 20.2 Å². The molecule has 0 spiro atoms. The predicted octanol–water partition coefficient (Wildman–Crippen LogP) is 3.40. The molecule has 0 unspecified atom stereocenters. The lowest BCUT2D eigenvalue weighted by Gasteiger charge is -2.27. The molecule has 1 aromatic heterocycles. The van der Waals surface area contributed by atoms with Crippen LogP contribution in [0.15, 0.2) is 30.6 Å². The highest BCUT2D eigenvalue weighted by Crippen LogP contribution is 2.19. The van der Waals surface area contributed by atoms with Gasteiger partial charge in [-0.05, 0) is 37.3 Å². The fourth-order valence-corrected chi connectivity index (χ4v) is 2.79. The summed E-state index contributed by atoms with van der Waals surface area (Å²) < 4.78 is 26.5. The molecule has 1 fully saturated rings. The van der Waals surface area contributed by atoms with Crippen molar-refractivity contribution in [2.24, 2.45) is 0 Å². The Morgan fingerprint density at radius 2 is 1.87 bits per heavy atom. The third-order valence-corrected chi connectivity index (χ3v) is 4.05. The minimum atomic E-state index is -0.554. The first-order chi connectivity index (χ1) is 11.2. The first-order valence-corrected chi connectivity index (χ1v) is 7.97. The van der Waals surface area contributed by atoms with E-state index >= 15 is 0 Å². The highest BCUT2D eigenvalue weighted by atomic mass is 19.1. The third-order valence-electron chi connectivity index (χ3n) is 4.05. The second-order valence-electron chi connectivity index (χ2n) is 5.72. The lowest BCUT2D eigenvalue weighted by molar-refractivity contribution is 0.572. The molecule has 1 aliphatic rings. The summed E-state index contributed by atoms with van der Waals surface area (Å²) in [6.45, 7) is 2.58. The zero-order valence-electron chi connectivity index (χ0n) is 12.9. The average Bonchev–Trinajstić information content (AvgIpc) is 2.58. The van der Waals surface area contributed by atoms with Crippen molar-refractivity contribution in [2.75, 3.05) is 29.9 Å². The normalized spacial score (nSPS) is 14.8. The van der Waals surface area contributed by atoms with E-state index in [4.69, 9.17) is 0 Å². The van der Waals surface area contributed by atoms with Crippen LogP contribution in [0.4, 0.5) is 20.4 Å². The van der Waals surface area contributed by atoms with Crippen LogP contribution in [0.25, 0.3) is 0 Å². The lowest BCUT2D eigenvalue weighted by Crippen LogP contribution is -2.30. The minimum Gasteiger partial charge on any atom is -0.370 e. The Kier molecular flexibility index (Phi) is 5.00. The highest BCUT2D eigenvalue weighted by Gasteiger charge is 2.12. The number of nitrogens with one attached hydrogen (secondary N) is 1. The molecule has 2 heterocycles. The van der Waals surface area contributed by atoms with Crippen LogP contribution in [0.5, 0.6) is 0 Å². The quantitative estimate of drug-likeness (QED) is 0.917. The summed E-state index contributed by atoms with van der Waals surface area (Å²) in [5.74, 6) is 0.586.